The molecule has 5 nitrogen and oxygen atoms in total. The molecule has 6 heteroatoms. The fourth-order valence-electron chi connectivity index (χ4n) is 1.87. The van der Waals surface area contributed by atoms with Crippen LogP contribution in [-0.2, 0) is 0 Å². The molecule has 0 spiro atoms. The van der Waals surface area contributed by atoms with Crippen molar-refractivity contribution in [2.24, 2.45) is 0 Å². The molecule has 104 valence electrons. The first-order chi connectivity index (χ1) is 8.64. The highest BCUT2D eigenvalue weighted by Crippen LogP contribution is 2.01. The van der Waals surface area contributed by atoms with Gasteiger partial charge >= 0.3 is 0 Å². The Balaban J connectivity index is 4.44. The molecule has 0 unspecified atom stereocenters. The number of hydrogen-bond acceptors (Lipinski definition) is 4. The Bertz CT molecular complexity index is 257. The van der Waals surface area contributed by atoms with Crippen molar-refractivity contribution in [2.45, 2.75) is 12.0 Å². The molecule has 0 aromatic rings. The average molecular weight is 271 g/mol. The van der Waals surface area contributed by atoms with Crippen LogP contribution in [0.2, 0.25) is 0 Å². The fraction of sp³-hybridized carbons (Fsp3) is 0.750. The van der Waals surface area contributed by atoms with E-state index in [4.69, 9.17) is 18.6 Å². The molecule has 0 saturated heterocycles. The van der Waals surface area contributed by atoms with Crippen molar-refractivity contribution < 1.29 is 0 Å². The van der Waals surface area contributed by atoms with Gasteiger partial charge in [0, 0.05) is 32.6 Å². The summed E-state index contributed by atoms with van der Waals surface area (Å²) in [5.41, 5.74) is -0.168. The van der Waals surface area contributed by atoms with Crippen LogP contribution in [0, 0.1) is 12.3 Å². The van der Waals surface area contributed by atoms with Crippen LogP contribution >= 0.6 is 12.2 Å². The minimum atomic E-state index is -0.168. The van der Waals surface area contributed by atoms with Gasteiger partial charge in [0.1, 0.15) is 0 Å². The van der Waals surface area contributed by atoms with Crippen LogP contribution < -0.4 is 26.6 Å². The molecule has 0 heterocycles. The van der Waals surface area contributed by atoms with E-state index in [1.54, 1.807) is 0 Å². The molecule has 0 aliphatic carbocycles. The number of likely N-dealkylation sites (N-methyl/N-ethyl adjacent to an activating group) is 3. The Morgan fingerprint density at radius 3 is 2.00 bits per heavy atom. The monoisotopic (exact) mass is 271 g/mol. The van der Waals surface area contributed by atoms with Gasteiger partial charge in [0.2, 0.25) is 0 Å². The van der Waals surface area contributed by atoms with Gasteiger partial charge in [0.25, 0.3) is 0 Å². The zero-order valence-electron chi connectivity index (χ0n) is 11.5. The Hall–Kier alpha value is -0.870. The Morgan fingerprint density at radius 2 is 1.61 bits per heavy atom. The van der Waals surface area contributed by atoms with E-state index in [1.807, 2.05) is 21.1 Å². The summed E-state index contributed by atoms with van der Waals surface area (Å²) in [6.45, 7) is 3.08. The summed E-state index contributed by atoms with van der Waals surface area (Å²) in [5, 5.41) is 16.7. The van der Waals surface area contributed by atoms with Crippen molar-refractivity contribution in [1.82, 2.24) is 26.6 Å². The first-order valence-electron chi connectivity index (χ1n) is 6.07. The first kappa shape index (κ1) is 17.1. The molecule has 0 atom stereocenters. The van der Waals surface area contributed by atoms with Gasteiger partial charge in [0.05, 0.1) is 5.54 Å². The summed E-state index contributed by atoms with van der Waals surface area (Å²) in [6.07, 6.45) is 5.87. The lowest BCUT2D eigenvalue weighted by molar-refractivity contribution is 0.341. The molecule has 0 aliphatic heterocycles. The van der Waals surface area contributed by atoms with Gasteiger partial charge in [-0.2, -0.15) is 0 Å². The van der Waals surface area contributed by atoms with Crippen molar-refractivity contribution in [3.8, 4) is 12.3 Å². The molecule has 0 rings (SSSR count). The SMILES string of the molecule is C#CCCNC(=S)NC(CNC)(CNC)CNC. The quantitative estimate of drug-likeness (QED) is 0.208. The van der Waals surface area contributed by atoms with E-state index < -0.39 is 0 Å². The lowest BCUT2D eigenvalue weighted by Crippen LogP contribution is -2.65. The normalized spacial score (nSPS) is 10.8. The van der Waals surface area contributed by atoms with Gasteiger partial charge < -0.3 is 26.6 Å². The molecule has 0 amide bonds. The molecule has 18 heavy (non-hydrogen) atoms. The minimum Gasteiger partial charge on any atom is -0.362 e. The van der Waals surface area contributed by atoms with E-state index in [1.165, 1.54) is 0 Å². The maximum atomic E-state index is 5.28. The molecule has 0 saturated carbocycles. The van der Waals surface area contributed by atoms with Gasteiger partial charge in [0.15, 0.2) is 5.11 Å². The predicted molar refractivity (Wildman–Crippen MR) is 81.7 cm³/mol. The van der Waals surface area contributed by atoms with E-state index in [0.717, 1.165) is 19.6 Å². The summed E-state index contributed by atoms with van der Waals surface area (Å²) in [5.74, 6) is 2.57. The van der Waals surface area contributed by atoms with Gasteiger partial charge in [-0.05, 0) is 33.4 Å². The lowest BCUT2D eigenvalue weighted by atomic mass is 9.99. The average Bonchev–Trinajstić information content (AvgIpc) is 2.30. The molecule has 0 aromatic carbocycles. The summed E-state index contributed by atoms with van der Waals surface area (Å²) in [4.78, 5) is 0. The first-order valence-corrected chi connectivity index (χ1v) is 6.48. The van der Waals surface area contributed by atoms with Crippen LogP contribution in [0.1, 0.15) is 6.42 Å². The second-order valence-electron chi connectivity index (χ2n) is 4.21. The van der Waals surface area contributed by atoms with Crippen LogP contribution in [0.3, 0.4) is 0 Å². The van der Waals surface area contributed by atoms with Crippen LogP contribution in [0.5, 0.6) is 0 Å². The summed E-state index contributed by atoms with van der Waals surface area (Å²) in [6, 6.07) is 0. The summed E-state index contributed by atoms with van der Waals surface area (Å²) >= 11 is 5.28. The smallest absolute Gasteiger partial charge is 0.166 e. The zero-order chi connectivity index (χ0) is 13.9. The van der Waals surface area contributed by atoms with Gasteiger partial charge in [-0.25, -0.2) is 0 Å². The molecule has 0 fully saturated rings. The molecular weight excluding hydrogens is 246 g/mol. The Labute approximate surface area is 116 Å². The number of rotatable bonds is 9. The molecule has 0 aromatic heterocycles. The van der Waals surface area contributed by atoms with E-state index >= 15 is 0 Å². The number of thiocarbonyl (C=S) groups is 1. The molecular formula is C12H25N5S. The van der Waals surface area contributed by atoms with Gasteiger partial charge in [-0.1, -0.05) is 0 Å². The van der Waals surface area contributed by atoms with E-state index in [0.29, 0.717) is 18.1 Å². The molecule has 5 N–H and O–H groups in total. The standard InChI is InChI=1S/C12H25N5S/c1-5-6-7-16-11(18)17-12(8-13-2,9-14-3)10-15-4/h1,13-15H,6-10H2,2-4H3,(H2,16,17,18). The maximum Gasteiger partial charge on any atom is 0.166 e. The van der Waals surface area contributed by atoms with Crippen molar-refractivity contribution in [1.29, 1.82) is 0 Å². The third-order valence-electron chi connectivity index (χ3n) is 2.48. The number of hydrogen-bond donors (Lipinski definition) is 5. The van der Waals surface area contributed by atoms with Crippen molar-refractivity contribution >= 4 is 17.3 Å². The Kier molecular flexibility index (Phi) is 9.60. The van der Waals surface area contributed by atoms with Crippen molar-refractivity contribution in [2.75, 3.05) is 47.3 Å². The fourth-order valence-corrected chi connectivity index (χ4v) is 2.19. The number of nitrogens with one attached hydrogen (secondary N) is 5. The van der Waals surface area contributed by atoms with Gasteiger partial charge in [-0.15, -0.1) is 12.3 Å². The summed E-state index contributed by atoms with van der Waals surface area (Å²) in [7, 11) is 5.78. The van der Waals surface area contributed by atoms with E-state index in [9.17, 15) is 0 Å². The Morgan fingerprint density at radius 1 is 1.11 bits per heavy atom. The highest BCUT2D eigenvalue weighted by atomic mass is 32.1. The predicted octanol–water partition coefficient (Wildman–Crippen LogP) is -1.13. The maximum absolute atomic E-state index is 5.28. The highest BCUT2D eigenvalue weighted by Gasteiger charge is 2.28. The van der Waals surface area contributed by atoms with Crippen LogP contribution in [0.4, 0.5) is 0 Å². The second-order valence-corrected chi connectivity index (χ2v) is 4.61. The van der Waals surface area contributed by atoms with Crippen LogP contribution in [0.25, 0.3) is 0 Å². The van der Waals surface area contributed by atoms with Crippen LogP contribution in [0.15, 0.2) is 0 Å². The molecule has 0 bridgehead atoms. The third kappa shape index (κ3) is 6.77. The zero-order valence-corrected chi connectivity index (χ0v) is 12.3. The van der Waals surface area contributed by atoms with E-state index in [-0.39, 0.29) is 5.54 Å². The lowest BCUT2D eigenvalue weighted by Gasteiger charge is -2.35. The minimum absolute atomic E-state index is 0.168. The molecule has 0 radical (unpaired) electrons. The molecule has 0 aliphatic rings. The summed E-state index contributed by atoms with van der Waals surface area (Å²) < 4.78 is 0. The van der Waals surface area contributed by atoms with Crippen molar-refractivity contribution in [3.05, 3.63) is 0 Å². The largest absolute Gasteiger partial charge is 0.362 e. The van der Waals surface area contributed by atoms with Gasteiger partial charge in [-0.3, -0.25) is 0 Å². The van der Waals surface area contributed by atoms with Crippen LogP contribution in [-0.4, -0.2) is 58.0 Å². The third-order valence-corrected chi connectivity index (χ3v) is 2.73. The topological polar surface area (TPSA) is 60.1 Å². The van der Waals surface area contributed by atoms with E-state index in [2.05, 4.69) is 32.5 Å². The number of terminal acetylenes is 1. The van der Waals surface area contributed by atoms with Crippen molar-refractivity contribution in [3.63, 3.8) is 0 Å². The second kappa shape index (κ2) is 10.1. The highest BCUT2D eigenvalue weighted by molar-refractivity contribution is 7.80.